The van der Waals surface area contributed by atoms with E-state index in [1.165, 1.54) is 0 Å². The smallest absolute Gasteiger partial charge is 0.223 e. The predicted molar refractivity (Wildman–Crippen MR) is 74.2 cm³/mol. The Balaban J connectivity index is 2.26. The molecule has 1 atom stereocenters. The van der Waals surface area contributed by atoms with E-state index in [0.29, 0.717) is 30.1 Å². The molecule has 0 aliphatic carbocycles. The van der Waals surface area contributed by atoms with Crippen molar-refractivity contribution in [1.29, 1.82) is 0 Å². The normalized spacial score (nSPS) is 18.0. The third-order valence-corrected chi connectivity index (χ3v) is 3.27. The molecule has 0 spiro atoms. The minimum Gasteiger partial charge on any atom is -0.497 e. The number of ketones is 1. The maximum absolute atomic E-state index is 12.5. The van der Waals surface area contributed by atoms with Gasteiger partial charge in [0.1, 0.15) is 11.5 Å². The molecule has 1 heterocycles. The molecule has 0 fully saturated rings. The molecule has 5 heteroatoms. The van der Waals surface area contributed by atoms with Gasteiger partial charge in [-0.05, 0) is 18.2 Å². The largest absolute Gasteiger partial charge is 0.497 e. The van der Waals surface area contributed by atoms with E-state index in [2.05, 4.69) is 5.32 Å². The van der Waals surface area contributed by atoms with Gasteiger partial charge in [0.05, 0.1) is 25.3 Å². The fourth-order valence-corrected chi connectivity index (χ4v) is 2.04. The number of carbonyl (C=O) groups excluding carboxylic acids is 2. The van der Waals surface area contributed by atoms with Crippen molar-refractivity contribution >= 4 is 11.7 Å². The van der Waals surface area contributed by atoms with Crippen molar-refractivity contribution in [2.45, 2.75) is 26.3 Å². The van der Waals surface area contributed by atoms with Crippen molar-refractivity contribution in [3.05, 3.63) is 23.8 Å². The van der Waals surface area contributed by atoms with Crippen LogP contribution in [0.2, 0.25) is 0 Å². The Labute approximate surface area is 118 Å². The van der Waals surface area contributed by atoms with Crippen LogP contribution in [0.4, 0.5) is 0 Å². The summed E-state index contributed by atoms with van der Waals surface area (Å²) >= 11 is 0. The van der Waals surface area contributed by atoms with Gasteiger partial charge in [0, 0.05) is 12.3 Å². The average molecular weight is 277 g/mol. The molecule has 5 nitrogen and oxygen atoms in total. The molecule has 20 heavy (non-hydrogen) atoms. The van der Waals surface area contributed by atoms with Crippen molar-refractivity contribution in [2.24, 2.45) is 5.92 Å². The molecule has 2 rings (SSSR count). The first-order valence-corrected chi connectivity index (χ1v) is 6.68. The summed E-state index contributed by atoms with van der Waals surface area (Å²) in [5, 5.41) is 2.78. The van der Waals surface area contributed by atoms with Crippen LogP contribution in [-0.4, -0.2) is 31.4 Å². The topological polar surface area (TPSA) is 64.6 Å². The summed E-state index contributed by atoms with van der Waals surface area (Å²) in [6.45, 7) is 3.99. The molecule has 0 bridgehead atoms. The van der Waals surface area contributed by atoms with E-state index in [-0.39, 0.29) is 17.6 Å². The molecule has 0 saturated heterocycles. The molecule has 1 aromatic carbocycles. The standard InChI is InChI=1S/C15H19NO4/c1-9(2)15(18)16-12-6-7-20-13-5-4-10(19-3)8-11(13)14(12)17/h4-5,8-9,12H,6-7H2,1-3H3,(H,16,18). The predicted octanol–water partition coefficient (Wildman–Crippen LogP) is 1.80. The Morgan fingerprint density at radius 1 is 1.45 bits per heavy atom. The number of hydrogen-bond donors (Lipinski definition) is 1. The summed E-state index contributed by atoms with van der Waals surface area (Å²) < 4.78 is 10.7. The first kappa shape index (κ1) is 14.4. The number of hydrogen-bond acceptors (Lipinski definition) is 4. The van der Waals surface area contributed by atoms with E-state index < -0.39 is 6.04 Å². The number of Topliss-reactive ketones (excluding diaryl/α,β-unsaturated/α-hetero) is 1. The summed E-state index contributed by atoms with van der Waals surface area (Å²) in [6.07, 6.45) is 0.467. The fourth-order valence-electron chi connectivity index (χ4n) is 2.04. The highest BCUT2D eigenvalue weighted by molar-refractivity contribution is 6.04. The van der Waals surface area contributed by atoms with Crippen LogP contribution < -0.4 is 14.8 Å². The first-order valence-electron chi connectivity index (χ1n) is 6.68. The Morgan fingerprint density at radius 2 is 2.20 bits per heavy atom. The van der Waals surface area contributed by atoms with Crippen molar-refractivity contribution < 1.29 is 19.1 Å². The summed E-state index contributed by atoms with van der Waals surface area (Å²) in [4.78, 5) is 24.3. The first-order chi connectivity index (χ1) is 9.52. The van der Waals surface area contributed by atoms with Gasteiger partial charge in [-0.1, -0.05) is 13.8 Å². The van der Waals surface area contributed by atoms with Crippen LogP contribution >= 0.6 is 0 Å². The summed E-state index contributed by atoms with van der Waals surface area (Å²) in [7, 11) is 1.54. The van der Waals surface area contributed by atoms with Crippen molar-refractivity contribution in [3.8, 4) is 11.5 Å². The van der Waals surface area contributed by atoms with Gasteiger partial charge in [-0.15, -0.1) is 0 Å². The number of amides is 1. The summed E-state index contributed by atoms with van der Waals surface area (Å²) in [5.41, 5.74) is 0.455. The lowest BCUT2D eigenvalue weighted by Crippen LogP contribution is -2.42. The van der Waals surface area contributed by atoms with Gasteiger partial charge in [-0.25, -0.2) is 0 Å². The number of nitrogens with one attached hydrogen (secondary N) is 1. The number of methoxy groups -OCH3 is 1. The highest BCUT2D eigenvalue weighted by Gasteiger charge is 2.28. The van der Waals surface area contributed by atoms with Gasteiger partial charge in [0.2, 0.25) is 5.91 Å². The fraction of sp³-hybridized carbons (Fsp3) is 0.467. The summed E-state index contributed by atoms with van der Waals surface area (Å²) in [6, 6.07) is 4.58. The van der Waals surface area contributed by atoms with E-state index in [9.17, 15) is 9.59 Å². The number of rotatable bonds is 3. The molecular weight excluding hydrogens is 258 g/mol. The molecular formula is C15H19NO4. The number of benzene rings is 1. The third kappa shape index (κ3) is 2.92. The lowest BCUT2D eigenvalue weighted by Gasteiger charge is -2.16. The van der Waals surface area contributed by atoms with Crippen LogP contribution in [0.1, 0.15) is 30.6 Å². The molecule has 1 aromatic rings. The molecule has 1 amide bonds. The highest BCUT2D eigenvalue weighted by Crippen LogP contribution is 2.28. The molecule has 0 radical (unpaired) electrons. The number of fused-ring (bicyclic) bond motifs is 1. The summed E-state index contributed by atoms with van der Waals surface area (Å²) in [5.74, 6) is 0.713. The molecule has 1 N–H and O–H groups in total. The maximum Gasteiger partial charge on any atom is 0.223 e. The second kappa shape index (κ2) is 5.94. The van der Waals surface area contributed by atoms with E-state index in [0.717, 1.165) is 0 Å². The second-order valence-electron chi connectivity index (χ2n) is 5.08. The Kier molecular flexibility index (Phi) is 4.27. The quantitative estimate of drug-likeness (QED) is 0.915. The van der Waals surface area contributed by atoms with Crippen LogP contribution in [0.3, 0.4) is 0 Å². The Hall–Kier alpha value is -2.04. The van der Waals surface area contributed by atoms with Crippen LogP contribution in [0.25, 0.3) is 0 Å². The van der Waals surface area contributed by atoms with Gasteiger partial charge >= 0.3 is 0 Å². The lowest BCUT2D eigenvalue weighted by atomic mass is 10.0. The zero-order valence-corrected chi connectivity index (χ0v) is 11.9. The van der Waals surface area contributed by atoms with Crippen molar-refractivity contribution in [1.82, 2.24) is 5.32 Å². The molecule has 1 unspecified atom stereocenters. The van der Waals surface area contributed by atoms with E-state index in [4.69, 9.17) is 9.47 Å². The van der Waals surface area contributed by atoms with E-state index >= 15 is 0 Å². The van der Waals surface area contributed by atoms with E-state index in [1.807, 2.05) is 0 Å². The maximum atomic E-state index is 12.5. The van der Waals surface area contributed by atoms with Crippen LogP contribution in [0.15, 0.2) is 18.2 Å². The zero-order valence-electron chi connectivity index (χ0n) is 11.9. The molecule has 0 saturated carbocycles. The van der Waals surface area contributed by atoms with Gasteiger partial charge in [-0.3, -0.25) is 9.59 Å². The minimum absolute atomic E-state index is 0.130. The van der Waals surface area contributed by atoms with Gasteiger partial charge in [0.15, 0.2) is 5.78 Å². The highest BCUT2D eigenvalue weighted by atomic mass is 16.5. The van der Waals surface area contributed by atoms with Crippen LogP contribution in [0, 0.1) is 5.92 Å². The number of carbonyl (C=O) groups is 2. The zero-order chi connectivity index (χ0) is 14.7. The van der Waals surface area contributed by atoms with Crippen molar-refractivity contribution in [3.63, 3.8) is 0 Å². The molecule has 1 aliphatic heterocycles. The minimum atomic E-state index is -0.543. The SMILES string of the molecule is COc1ccc2c(c1)C(=O)C(NC(=O)C(C)C)CCO2. The van der Waals surface area contributed by atoms with E-state index in [1.54, 1.807) is 39.2 Å². The van der Waals surface area contributed by atoms with Crippen molar-refractivity contribution in [2.75, 3.05) is 13.7 Å². The van der Waals surface area contributed by atoms with Crippen LogP contribution in [-0.2, 0) is 4.79 Å². The average Bonchev–Trinajstić information content (AvgIpc) is 2.59. The lowest BCUT2D eigenvalue weighted by molar-refractivity contribution is -0.124. The van der Waals surface area contributed by atoms with Gasteiger partial charge in [0.25, 0.3) is 0 Å². The van der Waals surface area contributed by atoms with Gasteiger partial charge < -0.3 is 14.8 Å². The number of ether oxygens (including phenoxy) is 2. The Morgan fingerprint density at radius 3 is 2.85 bits per heavy atom. The second-order valence-corrected chi connectivity index (χ2v) is 5.08. The van der Waals surface area contributed by atoms with Crippen LogP contribution in [0.5, 0.6) is 11.5 Å². The molecule has 1 aliphatic rings. The van der Waals surface area contributed by atoms with Gasteiger partial charge in [-0.2, -0.15) is 0 Å². The monoisotopic (exact) mass is 277 g/mol. The molecule has 108 valence electrons. The Bertz CT molecular complexity index is 525. The third-order valence-electron chi connectivity index (χ3n) is 3.27. The molecule has 0 aromatic heterocycles.